The first-order chi connectivity index (χ1) is 8.26. The largest absolute Gasteiger partial charge is 0.458 e. The summed E-state index contributed by atoms with van der Waals surface area (Å²) in [7, 11) is 0. The molecule has 5 nitrogen and oxygen atoms in total. The number of amides is 1. The zero-order valence-electron chi connectivity index (χ0n) is 10.8. The molecule has 6 heteroatoms. The smallest absolute Gasteiger partial charge is 0.345 e. The number of hydrogen-bond donors (Lipinski definition) is 0. The molecule has 102 valence electrons. The quantitative estimate of drug-likeness (QED) is 0.252. The lowest BCUT2D eigenvalue weighted by Crippen LogP contribution is -2.59. The number of halogens is 1. The van der Waals surface area contributed by atoms with Gasteiger partial charge in [0.15, 0.2) is 0 Å². The van der Waals surface area contributed by atoms with E-state index in [4.69, 9.17) is 21.1 Å². The lowest BCUT2D eigenvalue weighted by Gasteiger charge is -2.41. The van der Waals surface area contributed by atoms with Crippen LogP contribution >= 0.6 is 11.6 Å². The van der Waals surface area contributed by atoms with Gasteiger partial charge in [0.05, 0.1) is 13.0 Å². The number of ether oxygens (including phenoxy) is 2. The van der Waals surface area contributed by atoms with Crippen LogP contribution < -0.4 is 0 Å². The van der Waals surface area contributed by atoms with Crippen molar-refractivity contribution in [1.82, 2.24) is 4.90 Å². The fourth-order valence-corrected chi connectivity index (χ4v) is 1.74. The fourth-order valence-electron chi connectivity index (χ4n) is 1.46. The molecule has 0 saturated carbocycles. The van der Waals surface area contributed by atoms with Gasteiger partial charge in [-0.1, -0.05) is 17.7 Å². The zero-order valence-corrected chi connectivity index (χ0v) is 11.6. The normalized spacial score (nSPS) is 21.2. The highest BCUT2D eigenvalue weighted by Crippen LogP contribution is 2.27. The highest BCUT2D eigenvalue weighted by Gasteiger charge is 2.45. The van der Waals surface area contributed by atoms with Crippen LogP contribution in [-0.4, -0.2) is 40.7 Å². The number of nitrogens with zero attached hydrogens (tertiary/aromatic N) is 1. The molecule has 2 unspecified atom stereocenters. The van der Waals surface area contributed by atoms with Gasteiger partial charge >= 0.3 is 5.97 Å². The van der Waals surface area contributed by atoms with Crippen molar-refractivity contribution in [2.24, 2.45) is 0 Å². The minimum Gasteiger partial charge on any atom is -0.458 e. The minimum atomic E-state index is -1.15. The number of carbonyl (C=O) groups excluding carboxylic acids is 2. The van der Waals surface area contributed by atoms with E-state index < -0.39 is 23.3 Å². The number of β-lactam (4-membered cyclic amide) rings is 1. The van der Waals surface area contributed by atoms with E-state index in [1.165, 1.54) is 4.90 Å². The standard InChI is InChI=1S/C12H18ClNO4/c1-5-6-17-9-7-8(15)14(9)10(13)11(16)18-12(2,3)4/h5,9-10H,1,6-7H2,2-4H3. The van der Waals surface area contributed by atoms with Gasteiger partial charge in [-0.3, -0.25) is 9.69 Å². The van der Waals surface area contributed by atoms with Crippen LogP contribution in [0.25, 0.3) is 0 Å². The summed E-state index contributed by atoms with van der Waals surface area (Å²) in [5.74, 6) is -0.876. The summed E-state index contributed by atoms with van der Waals surface area (Å²) in [5, 5.41) is 0. The average Bonchev–Trinajstić information content (AvgIpc) is 2.21. The molecule has 1 saturated heterocycles. The highest BCUT2D eigenvalue weighted by atomic mass is 35.5. The van der Waals surface area contributed by atoms with E-state index in [1.807, 2.05) is 0 Å². The fraction of sp³-hybridized carbons (Fsp3) is 0.667. The molecule has 0 spiro atoms. The molecule has 0 aromatic rings. The van der Waals surface area contributed by atoms with Crippen molar-refractivity contribution in [1.29, 1.82) is 0 Å². The SMILES string of the molecule is C=CCOC1CC(=O)N1C(Cl)C(=O)OC(C)(C)C. The van der Waals surface area contributed by atoms with Crippen LogP contribution in [0.1, 0.15) is 27.2 Å². The molecule has 1 amide bonds. The van der Waals surface area contributed by atoms with Crippen LogP contribution in [0.5, 0.6) is 0 Å². The molecule has 0 aliphatic carbocycles. The van der Waals surface area contributed by atoms with Crippen molar-refractivity contribution in [3.63, 3.8) is 0 Å². The molecule has 1 heterocycles. The third-order valence-electron chi connectivity index (χ3n) is 2.20. The first-order valence-corrected chi connectivity index (χ1v) is 6.10. The van der Waals surface area contributed by atoms with Gasteiger partial charge in [-0.2, -0.15) is 0 Å². The predicted octanol–water partition coefficient (Wildman–Crippen LogP) is 1.65. The Kier molecular flexibility index (Phi) is 4.76. The topological polar surface area (TPSA) is 55.8 Å². The number of hydrogen-bond acceptors (Lipinski definition) is 4. The molecule has 0 aromatic carbocycles. The number of rotatable bonds is 5. The van der Waals surface area contributed by atoms with Gasteiger partial charge in [-0.15, -0.1) is 6.58 Å². The molecule has 1 aliphatic rings. The van der Waals surface area contributed by atoms with Crippen molar-refractivity contribution >= 4 is 23.5 Å². The number of esters is 1. The Morgan fingerprint density at radius 3 is 2.72 bits per heavy atom. The maximum absolute atomic E-state index is 11.7. The second-order valence-electron chi connectivity index (χ2n) is 4.95. The third kappa shape index (κ3) is 3.71. The Bertz CT molecular complexity index is 350. The van der Waals surface area contributed by atoms with Gasteiger partial charge in [-0.05, 0) is 20.8 Å². The first kappa shape index (κ1) is 15.0. The van der Waals surface area contributed by atoms with Crippen molar-refractivity contribution in [2.45, 2.75) is 44.5 Å². The van der Waals surface area contributed by atoms with Crippen molar-refractivity contribution in [2.75, 3.05) is 6.61 Å². The predicted molar refractivity (Wildman–Crippen MR) is 66.9 cm³/mol. The molecule has 18 heavy (non-hydrogen) atoms. The van der Waals surface area contributed by atoms with Gasteiger partial charge < -0.3 is 9.47 Å². The molecule has 0 radical (unpaired) electrons. The zero-order chi connectivity index (χ0) is 13.9. The van der Waals surface area contributed by atoms with E-state index >= 15 is 0 Å². The van der Waals surface area contributed by atoms with E-state index in [0.717, 1.165) is 0 Å². The summed E-state index contributed by atoms with van der Waals surface area (Å²) in [6, 6.07) is 0. The summed E-state index contributed by atoms with van der Waals surface area (Å²) >= 11 is 5.93. The van der Waals surface area contributed by atoms with Crippen molar-refractivity contribution < 1.29 is 19.1 Å². The lowest BCUT2D eigenvalue weighted by atomic mass is 10.1. The van der Waals surface area contributed by atoms with Gasteiger partial charge in [0.1, 0.15) is 11.8 Å². The highest BCUT2D eigenvalue weighted by molar-refractivity contribution is 6.30. The van der Waals surface area contributed by atoms with E-state index in [-0.39, 0.29) is 12.3 Å². The van der Waals surface area contributed by atoms with E-state index in [9.17, 15) is 9.59 Å². The maximum Gasteiger partial charge on any atom is 0.345 e. The molecule has 0 N–H and O–H groups in total. The molecule has 1 rings (SSSR count). The van der Waals surface area contributed by atoms with Gasteiger partial charge in [0.25, 0.3) is 0 Å². The van der Waals surface area contributed by atoms with Crippen LogP contribution in [0, 0.1) is 0 Å². The van der Waals surface area contributed by atoms with E-state index in [2.05, 4.69) is 6.58 Å². The second kappa shape index (κ2) is 5.71. The van der Waals surface area contributed by atoms with Crippen LogP contribution in [0.2, 0.25) is 0 Å². The Morgan fingerprint density at radius 1 is 1.67 bits per heavy atom. The summed E-state index contributed by atoms with van der Waals surface area (Å²) in [6.07, 6.45) is 1.31. The van der Waals surface area contributed by atoms with Gasteiger partial charge in [-0.25, -0.2) is 4.79 Å². The van der Waals surface area contributed by atoms with Gasteiger partial charge in [0, 0.05) is 0 Å². The van der Waals surface area contributed by atoms with E-state index in [0.29, 0.717) is 6.61 Å². The summed E-state index contributed by atoms with van der Waals surface area (Å²) in [6.45, 7) is 9.01. The Morgan fingerprint density at radius 2 is 2.28 bits per heavy atom. The third-order valence-corrected chi connectivity index (χ3v) is 2.59. The van der Waals surface area contributed by atoms with Crippen LogP contribution in [0.3, 0.4) is 0 Å². The monoisotopic (exact) mass is 275 g/mol. The molecular formula is C12H18ClNO4. The molecule has 0 aromatic heterocycles. The van der Waals surface area contributed by atoms with Crippen LogP contribution in [0.4, 0.5) is 0 Å². The molecule has 1 aliphatic heterocycles. The summed E-state index contributed by atoms with van der Waals surface area (Å²) in [5.41, 5.74) is -1.80. The molecule has 1 fully saturated rings. The van der Waals surface area contributed by atoms with Gasteiger partial charge in [0.2, 0.25) is 11.4 Å². The average molecular weight is 276 g/mol. The van der Waals surface area contributed by atoms with E-state index in [1.54, 1.807) is 26.8 Å². The first-order valence-electron chi connectivity index (χ1n) is 5.67. The Labute approximate surface area is 112 Å². The van der Waals surface area contributed by atoms with Crippen LogP contribution in [-0.2, 0) is 19.1 Å². The van der Waals surface area contributed by atoms with Crippen LogP contribution in [0.15, 0.2) is 12.7 Å². The summed E-state index contributed by atoms with van der Waals surface area (Å²) < 4.78 is 10.4. The molecule has 2 atom stereocenters. The molecular weight excluding hydrogens is 258 g/mol. The maximum atomic E-state index is 11.7. The number of likely N-dealkylation sites (tertiary alicyclic amines) is 1. The molecule has 0 bridgehead atoms. The summed E-state index contributed by atoms with van der Waals surface area (Å²) in [4.78, 5) is 24.4. The van der Waals surface area contributed by atoms with Crippen molar-refractivity contribution in [3.8, 4) is 0 Å². The number of alkyl halides is 1. The van der Waals surface area contributed by atoms with Crippen molar-refractivity contribution in [3.05, 3.63) is 12.7 Å². The Balaban J connectivity index is 2.58. The number of carbonyl (C=O) groups is 2. The second-order valence-corrected chi connectivity index (χ2v) is 5.36. The minimum absolute atomic E-state index is 0.222. The Hall–Kier alpha value is -1.07. The lowest BCUT2D eigenvalue weighted by molar-refractivity contribution is -0.186.